The Labute approximate surface area is 158 Å². The second-order valence-corrected chi connectivity index (χ2v) is 8.31. The van der Waals surface area contributed by atoms with E-state index >= 15 is 0 Å². The van der Waals surface area contributed by atoms with Gasteiger partial charge in [0.05, 0.1) is 5.41 Å². The number of carbonyl (C=O) groups is 1. The van der Waals surface area contributed by atoms with Gasteiger partial charge in [-0.25, -0.2) is 9.97 Å². The number of ether oxygens (including phenoxy) is 1. The second-order valence-electron chi connectivity index (χ2n) is 7.36. The van der Waals surface area contributed by atoms with Gasteiger partial charge in [0, 0.05) is 23.3 Å². The molecule has 2 aliphatic rings. The molecule has 0 radical (unpaired) electrons. The summed E-state index contributed by atoms with van der Waals surface area (Å²) in [6.45, 7) is 0. The van der Waals surface area contributed by atoms with Crippen molar-refractivity contribution in [2.24, 2.45) is 0 Å². The third kappa shape index (κ3) is 3.61. The normalized spacial score (nSPS) is 24.9. The number of rotatable bonds is 5. The summed E-state index contributed by atoms with van der Waals surface area (Å²) >= 11 is 1.72. The Balaban J connectivity index is 1.33. The van der Waals surface area contributed by atoms with Crippen LogP contribution in [0.5, 0.6) is 6.01 Å². The summed E-state index contributed by atoms with van der Waals surface area (Å²) in [5.41, 5.74) is -0.292. The summed E-state index contributed by atoms with van der Waals surface area (Å²) in [5, 5.41) is 5.44. The second kappa shape index (κ2) is 7.74. The Morgan fingerprint density at radius 2 is 1.85 bits per heavy atom. The number of aromatic nitrogens is 2. The van der Waals surface area contributed by atoms with Crippen molar-refractivity contribution in [1.82, 2.24) is 15.3 Å². The van der Waals surface area contributed by atoms with Crippen LogP contribution in [0, 0.1) is 0 Å². The highest BCUT2D eigenvalue weighted by Gasteiger charge is 2.44. The van der Waals surface area contributed by atoms with Crippen molar-refractivity contribution >= 4 is 17.2 Å². The van der Waals surface area contributed by atoms with E-state index in [1.54, 1.807) is 29.8 Å². The lowest BCUT2D eigenvalue weighted by Gasteiger charge is -2.33. The molecule has 0 saturated heterocycles. The number of nitrogens with zero attached hydrogens (tertiary/aromatic N) is 2. The fourth-order valence-corrected chi connectivity index (χ4v) is 5.24. The third-order valence-electron chi connectivity index (χ3n) is 5.71. The smallest absolute Gasteiger partial charge is 0.316 e. The average Bonchev–Trinajstić information content (AvgIpc) is 3.37. The van der Waals surface area contributed by atoms with Crippen molar-refractivity contribution in [1.29, 1.82) is 0 Å². The Morgan fingerprint density at radius 3 is 2.50 bits per heavy atom. The molecule has 0 atom stereocenters. The minimum atomic E-state index is -0.292. The Kier molecular flexibility index (Phi) is 5.20. The van der Waals surface area contributed by atoms with Crippen molar-refractivity contribution in [2.75, 3.05) is 0 Å². The number of nitrogens with one attached hydrogen (secondary N) is 1. The molecule has 1 N–H and O–H groups in total. The highest BCUT2D eigenvalue weighted by Crippen LogP contribution is 2.43. The fourth-order valence-electron chi connectivity index (χ4n) is 4.26. The quantitative estimate of drug-likeness (QED) is 0.867. The van der Waals surface area contributed by atoms with Crippen molar-refractivity contribution in [3.05, 3.63) is 40.8 Å². The van der Waals surface area contributed by atoms with E-state index in [2.05, 4.69) is 32.8 Å². The Morgan fingerprint density at radius 1 is 1.12 bits per heavy atom. The molecule has 4 rings (SSSR count). The van der Waals surface area contributed by atoms with Crippen LogP contribution in [0.4, 0.5) is 0 Å². The minimum absolute atomic E-state index is 0.142. The number of hydrogen-bond donors (Lipinski definition) is 1. The molecule has 0 aromatic carbocycles. The molecule has 0 spiro atoms. The molecule has 2 aliphatic carbocycles. The maximum absolute atomic E-state index is 13.2. The molecule has 2 saturated carbocycles. The molecule has 26 heavy (non-hydrogen) atoms. The molecule has 1 amide bonds. The van der Waals surface area contributed by atoms with Crippen LogP contribution in [0.3, 0.4) is 0 Å². The van der Waals surface area contributed by atoms with Gasteiger partial charge < -0.3 is 10.1 Å². The fraction of sp³-hybridized carbons (Fsp3) is 0.550. The van der Waals surface area contributed by atoms with Gasteiger partial charge in [-0.05, 0) is 56.0 Å². The number of amides is 1. The van der Waals surface area contributed by atoms with Gasteiger partial charge in [-0.3, -0.25) is 4.79 Å². The first-order valence-electron chi connectivity index (χ1n) is 9.55. The van der Waals surface area contributed by atoms with Gasteiger partial charge in [-0.15, -0.1) is 11.3 Å². The van der Waals surface area contributed by atoms with Crippen molar-refractivity contribution in [2.45, 2.75) is 68.9 Å². The number of carbonyl (C=O) groups excluding carboxylic acids is 1. The van der Waals surface area contributed by atoms with E-state index in [-0.39, 0.29) is 23.5 Å². The number of hydrogen-bond acceptors (Lipinski definition) is 5. The molecule has 6 heteroatoms. The molecule has 2 heterocycles. The van der Waals surface area contributed by atoms with E-state index in [0.29, 0.717) is 6.01 Å². The zero-order valence-corrected chi connectivity index (χ0v) is 15.7. The molecule has 0 unspecified atom stereocenters. The molecule has 2 fully saturated rings. The van der Waals surface area contributed by atoms with Crippen LogP contribution in [0.15, 0.2) is 36.0 Å². The summed E-state index contributed by atoms with van der Waals surface area (Å²) in [6, 6.07) is 6.66. The zero-order valence-electron chi connectivity index (χ0n) is 14.9. The first-order valence-corrected chi connectivity index (χ1v) is 10.4. The zero-order chi connectivity index (χ0) is 17.8. The van der Waals surface area contributed by atoms with Gasteiger partial charge >= 0.3 is 6.01 Å². The number of thiophene rings is 1. The third-order valence-corrected chi connectivity index (χ3v) is 6.78. The largest absolute Gasteiger partial charge is 0.460 e. The lowest BCUT2D eigenvalue weighted by molar-refractivity contribution is -0.127. The van der Waals surface area contributed by atoms with Crippen LogP contribution < -0.4 is 10.1 Å². The predicted molar refractivity (Wildman–Crippen MR) is 101 cm³/mol. The van der Waals surface area contributed by atoms with Gasteiger partial charge in [0.25, 0.3) is 0 Å². The van der Waals surface area contributed by atoms with Gasteiger partial charge in [0.1, 0.15) is 6.10 Å². The van der Waals surface area contributed by atoms with Gasteiger partial charge in [-0.1, -0.05) is 18.9 Å². The highest BCUT2D eigenvalue weighted by molar-refractivity contribution is 7.10. The Hall–Kier alpha value is -1.95. The van der Waals surface area contributed by atoms with Crippen molar-refractivity contribution in [3.8, 4) is 6.01 Å². The van der Waals surface area contributed by atoms with Crippen LogP contribution in [-0.4, -0.2) is 28.0 Å². The van der Waals surface area contributed by atoms with Crippen LogP contribution in [-0.2, 0) is 10.2 Å². The first-order chi connectivity index (χ1) is 12.8. The molecule has 5 nitrogen and oxygen atoms in total. The van der Waals surface area contributed by atoms with E-state index in [1.807, 2.05) is 0 Å². The van der Waals surface area contributed by atoms with Gasteiger partial charge in [-0.2, -0.15) is 0 Å². The topological polar surface area (TPSA) is 64.1 Å². The molecular formula is C20H25N3O2S. The van der Waals surface area contributed by atoms with E-state index in [1.165, 1.54) is 4.88 Å². The lowest BCUT2D eigenvalue weighted by atomic mass is 9.82. The molecule has 2 aromatic rings. The summed E-state index contributed by atoms with van der Waals surface area (Å²) < 4.78 is 5.85. The maximum Gasteiger partial charge on any atom is 0.316 e. The summed E-state index contributed by atoms with van der Waals surface area (Å²) in [7, 11) is 0. The molecule has 2 aromatic heterocycles. The first kappa shape index (κ1) is 17.5. The molecule has 0 bridgehead atoms. The van der Waals surface area contributed by atoms with E-state index in [9.17, 15) is 4.79 Å². The van der Waals surface area contributed by atoms with Crippen molar-refractivity contribution in [3.63, 3.8) is 0 Å². The molecule has 138 valence electrons. The van der Waals surface area contributed by atoms with Crippen LogP contribution >= 0.6 is 11.3 Å². The van der Waals surface area contributed by atoms with E-state index < -0.39 is 0 Å². The maximum atomic E-state index is 13.2. The van der Waals surface area contributed by atoms with Crippen LogP contribution in [0.1, 0.15) is 56.2 Å². The van der Waals surface area contributed by atoms with Gasteiger partial charge in [0.15, 0.2) is 0 Å². The van der Waals surface area contributed by atoms with Crippen LogP contribution in [0.25, 0.3) is 0 Å². The minimum Gasteiger partial charge on any atom is -0.460 e. The predicted octanol–water partition coefficient (Wildman–Crippen LogP) is 3.86. The molecular weight excluding hydrogens is 346 g/mol. The Bertz CT molecular complexity index is 706. The lowest BCUT2D eigenvalue weighted by Crippen LogP contribution is -2.48. The summed E-state index contributed by atoms with van der Waals surface area (Å²) in [6.07, 6.45) is 11.5. The molecule has 0 aliphatic heterocycles. The standard InChI is InChI=1S/C20H25N3O2S/c24-18(20(10-1-2-11-20)17-5-3-14-26-17)23-15-6-8-16(9-7-15)25-19-21-12-4-13-22-19/h3-5,12-16H,1-2,6-11H2,(H,23,24). The van der Waals surface area contributed by atoms with Crippen LogP contribution in [0.2, 0.25) is 0 Å². The average molecular weight is 372 g/mol. The van der Waals surface area contributed by atoms with E-state index in [0.717, 1.165) is 51.4 Å². The SMILES string of the molecule is O=C(NC1CCC(Oc2ncccn2)CC1)C1(c2cccs2)CCCC1. The summed E-state index contributed by atoms with van der Waals surface area (Å²) in [4.78, 5) is 22.6. The summed E-state index contributed by atoms with van der Waals surface area (Å²) in [5.74, 6) is 0.230. The van der Waals surface area contributed by atoms with Crippen molar-refractivity contribution < 1.29 is 9.53 Å². The van der Waals surface area contributed by atoms with Gasteiger partial charge in [0.2, 0.25) is 5.91 Å². The monoisotopic (exact) mass is 371 g/mol. The highest BCUT2D eigenvalue weighted by atomic mass is 32.1. The van der Waals surface area contributed by atoms with E-state index in [4.69, 9.17) is 4.74 Å².